The summed E-state index contributed by atoms with van der Waals surface area (Å²) in [4.78, 5) is 0.524. The number of halogens is 2. The van der Waals surface area contributed by atoms with Crippen LogP contribution in [0.25, 0.3) is 0 Å². The Bertz CT molecular complexity index is 537. The first-order chi connectivity index (χ1) is 8.09. The first kappa shape index (κ1) is 10.8. The van der Waals surface area contributed by atoms with Crippen molar-refractivity contribution in [2.24, 2.45) is 0 Å². The van der Waals surface area contributed by atoms with E-state index in [0.717, 1.165) is 17.8 Å². The molecule has 0 radical (unpaired) electrons. The lowest BCUT2D eigenvalue weighted by Gasteiger charge is -2.31. The smallest absolute Gasteiger partial charge is 0.278 e. The van der Waals surface area contributed by atoms with Crippen molar-refractivity contribution in [2.75, 3.05) is 0 Å². The Hall–Kier alpha value is -1.33. The Balaban J connectivity index is 2.07. The molecule has 0 saturated carbocycles. The Morgan fingerprint density at radius 3 is 2.94 bits per heavy atom. The monoisotopic (exact) mass is 254 g/mol. The van der Waals surface area contributed by atoms with Crippen molar-refractivity contribution >= 4 is 11.8 Å². The molecule has 1 aromatic rings. The predicted molar refractivity (Wildman–Crippen MR) is 60.0 cm³/mol. The first-order valence-corrected chi connectivity index (χ1v) is 5.84. The van der Waals surface area contributed by atoms with Crippen molar-refractivity contribution in [2.45, 2.75) is 16.9 Å². The molecule has 3 rings (SSSR count). The van der Waals surface area contributed by atoms with Crippen molar-refractivity contribution in [3.05, 3.63) is 47.1 Å². The summed E-state index contributed by atoms with van der Waals surface area (Å²) in [6.07, 6.45) is 0.229. The maximum atomic E-state index is 13.9. The van der Waals surface area contributed by atoms with Crippen molar-refractivity contribution < 1.29 is 18.6 Å². The number of aliphatic hydroxyl groups is 1. The summed E-state index contributed by atoms with van der Waals surface area (Å²) < 4.78 is 32.6. The summed E-state index contributed by atoms with van der Waals surface area (Å²) in [5.41, 5.74) is 0. The molecule has 2 unspecified atom stereocenters. The third kappa shape index (κ3) is 1.57. The molecule has 0 aromatic heterocycles. The molecule has 0 saturated heterocycles. The molecule has 0 fully saturated rings. The molecule has 1 heterocycles. The minimum absolute atomic E-state index is 0.133. The van der Waals surface area contributed by atoms with E-state index in [4.69, 9.17) is 4.74 Å². The van der Waals surface area contributed by atoms with Gasteiger partial charge in [-0.2, -0.15) is 0 Å². The fourth-order valence-corrected chi connectivity index (χ4v) is 2.77. The maximum Gasteiger partial charge on any atom is 0.278 e. The van der Waals surface area contributed by atoms with Gasteiger partial charge in [0, 0.05) is 0 Å². The van der Waals surface area contributed by atoms with Gasteiger partial charge in [0.25, 0.3) is 5.85 Å². The van der Waals surface area contributed by atoms with Gasteiger partial charge in [0.2, 0.25) is 0 Å². The Kier molecular flexibility index (Phi) is 2.27. The quantitative estimate of drug-likeness (QED) is 0.772. The van der Waals surface area contributed by atoms with E-state index in [1.54, 1.807) is 24.3 Å². The highest BCUT2D eigenvalue weighted by Gasteiger charge is 2.46. The summed E-state index contributed by atoms with van der Waals surface area (Å²) in [5, 5.41) is 9.51. The van der Waals surface area contributed by atoms with Gasteiger partial charge in [0.05, 0.1) is 9.80 Å². The van der Waals surface area contributed by atoms with Gasteiger partial charge in [-0.05, 0) is 24.3 Å². The number of ether oxygens (including phenoxy) is 1. The van der Waals surface area contributed by atoms with E-state index in [1.165, 1.54) is 6.08 Å². The van der Waals surface area contributed by atoms with Crippen LogP contribution in [0.1, 0.15) is 0 Å². The number of para-hydroxylation sites is 1. The normalized spacial score (nSPS) is 30.6. The van der Waals surface area contributed by atoms with Gasteiger partial charge < -0.3 is 9.84 Å². The van der Waals surface area contributed by atoms with Crippen LogP contribution < -0.4 is 4.74 Å². The van der Waals surface area contributed by atoms with Crippen molar-refractivity contribution in [3.8, 4) is 5.75 Å². The standard InChI is InChI=1S/C12H8F2O2S/c13-10-6-5-8-11(12(10,14)15)17-9-4-2-1-3-7(9)16-8/h1-6,10,15H. The molecule has 0 bridgehead atoms. The third-order valence-corrected chi connectivity index (χ3v) is 3.85. The van der Waals surface area contributed by atoms with E-state index in [2.05, 4.69) is 0 Å². The van der Waals surface area contributed by atoms with Crippen molar-refractivity contribution in [3.63, 3.8) is 0 Å². The second-order valence-electron chi connectivity index (χ2n) is 3.78. The molecular weight excluding hydrogens is 246 g/mol. The van der Waals surface area contributed by atoms with Gasteiger partial charge in [-0.3, -0.25) is 0 Å². The van der Waals surface area contributed by atoms with E-state index in [1.807, 2.05) is 0 Å². The fourth-order valence-electron chi connectivity index (χ4n) is 1.72. The molecule has 1 aromatic carbocycles. The lowest BCUT2D eigenvalue weighted by Crippen LogP contribution is -2.38. The summed E-state index contributed by atoms with van der Waals surface area (Å²) in [7, 11) is 0. The largest absolute Gasteiger partial charge is 0.455 e. The number of alkyl halides is 2. The molecule has 5 heteroatoms. The number of rotatable bonds is 0. The van der Waals surface area contributed by atoms with Gasteiger partial charge in [0.15, 0.2) is 6.17 Å². The zero-order chi connectivity index (χ0) is 12.0. The van der Waals surface area contributed by atoms with Gasteiger partial charge in [-0.25, -0.2) is 8.78 Å². The molecule has 1 aliphatic carbocycles. The SMILES string of the molecule is OC1(F)C2=C(C=CC1F)Oc1ccccc1S2. The molecule has 2 aliphatic rings. The highest BCUT2D eigenvalue weighted by atomic mass is 32.2. The lowest BCUT2D eigenvalue weighted by atomic mass is 10.1. The lowest BCUT2D eigenvalue weighted by molar-refractivity contribution is -0.0923. The summed E-state index contributed by atoms with van der Waals surface area (Å²) >= 11 is 0.990. The van der Waals surface area contributed by atoms with E-state index < -0.39 is 12.0 Å². The van der Waals surface area contributed by atoms with E-state index >= 15 is 0 Å². The van der Waals surface area contributed by atoms with E-state index in [9.17, 15) is 13.9 Å². The Labute approximate surface area is 101 Å². The first-order valence-electron chi connectivity index (χ1n) is 5.02. The minimum Gasteiger partial charge on any atom is -0.455 e. The zero-order valence-corrected chi connectivity index (χ0v) is 9.38. The average Bonchev–Trinajstić information content (AvgIpc) is 2.33. The van der Waals surface area contributed by atoms with Gasteiger partial charge in [0.1, 0.15) is 11.5 Å². The highest BCUT2D eigenvalue weighted by Crippen LogP contribution is 2.49. The second kappa shape index (κ2) is 3.58. The van der Waals surface area contributed by atoms with E-state index in [0.29, 0.717) is 10.6 Å². The van der Waals surface area contributed by atoms with Crippen LogP contribution in [0.15, 0.2) is 52.0 Å². The van der Waals surface area contributed by atoms with E-state index in [-0.39, 0.29) is 10.7 Å². The number of fused-ring (bicyclic) bond motifs is 1. The summed E-state index contributed by atoms with van der Waals surface area (Å²) in [5.74, 6) is -2.27. The molecule has 1 aliphatic heterocycles. The number of thioether (sulfide) groups is 1. The van der Waals surface area contributed by atoms with Gasteiger partial charge in [-0.1, -0.05) is 23.9 Å². The fraction of sp³-hybridized carbons (Fsp3) is 0.167. The third-order valence-electron chi connectivity index (χ3n) is 2.61. The van der Waals surface area contributed by atoms with Crippen LogP contribution in [0.5, 0.6) is 5.75 Å². The minimum atomic E-state index is -3.01. The van der Waals surface area contributed by atoms with Crippen molar-refractivity contribution in [1.82, 2.24) is 0 Å². The van der Waals surface area contributed by atoms with Crippen LogP contribution in [0.2, 0.25) is 0 Å². The molecule has 2 atom stereocenters. The van der Waals surface area contributed by atoms with Crippen LogP contribution >= 0.6 is 11.8 Å². The van der Waals surface area contributed by atoms with Crippen LogP contribution in [0.3, 0.4) is 0 Å². The summed E-state index contributed by atoms with van der Waals surface area (Å²) in [6, 6.07) is 7.02. The molecule has 2 nitrogen and oxygen atoms in total. The average molecular weight is 254 g/mol. The molecular formula is C12H8F2O2S. The molecule has 1 N–H and O–H groups in total. The Morgan fingerprint density at radius 2 is 2.12 bits per heavy atom. The second-order valence-corrected chi connectivity index (χ2v) is 4.83. The molecule has 17 heavy (non-hydrogen) atoms. The number of benzene rings is 1. The summed E-state index contributed by atoms with van der Waals surface area (Å²) in [6.45, 7) is 0. The zero-order valence-electron chi connectivity index (χ0n) is 8.56. The number of hydrogen-bond donors (Lipinski definition) is 1. The highest BCUT2D eigenvalue weighted by molar-refractivity contribution is 8.03. The van der Waals surface area contributed by atoms with Crippen molar-refractivity contribution in [1.29, 1.82) is 0 Å². The maximum absolute atomic E-state index is 13.9. The van der Waals surface area contributed by atoms with Crippen LogP contribution in [0.4, 0.5) is 8.78 Å². The van der Waals surface area contributed by atoms with Crippen LogP contribution in [-0.4, -0.2) is 17.1 Å². The number of allylic oxidation sites excluding steroid dienone is 1. The number of hydrogen-bond acceptors (Lipinski definition) is 3. The topological polar surface area (TPSA) is 29.5 Å². The van der Waals surface area contributed by atoms with Gasteiger partial charge in [-0.15, -0.1) is 0 Å². The Morgan fingerprint density at radius 1 is 1.35 bits per heavy atom. The van der Waals surface area contributed by atoms with Crippen LogP contribution in [-0.2, 0) is 0 Å². The predicted octanol–water partition coefficient (Wildman–Crippen LogP) is 2.95. The molecule has 0 amide bonds. The molecule has 88 valence electrons. The molecule has 0 spiro atoms. The van der Waals surface area contributed by atoms with Crippen LogP contribution in [0, 0.1) is 0 Å². The van der Waals surface area contributed by atoms with Gasteiger partial charge >= 0.3 is 0 Å².